The van der Waals surface area contributed by atoms with Crippen LogP contribution in [0.3, 0.4) is 0 Å². The molecule has 1 aromatic carbocycles. The minimum Gasteiger partial charge on any atom is -0.325 e. The molecular formula is C13H19N3O3S. The number of sulfonamides is 1. The van der Waals surface area contributed by atoms with Gasteiger partial charge in [-0.15, -0.1) is 0 Å². The van der Waals surface area contributed by atoms with E-state index >= 15 is 0 Å². The number of para-hydroxylation sites is 1. The van der Waals surface area contributed by atoms with E-state index in [1.807, 2.05) is 0 Å². The number of carbonyl (C=O) groups is 1. The van der Waals surface area contributed by atoms with Crippen LogP contribution in [0, 0.1) is 5.92 Å². The van der Waals surface area contributed by atoms with Crippen LogP contribution in [-0.4, -0.2) is 27.4 Å². The zero-order valence-corrected chi connectivity index (χ0v) is 11.9. The Morgan fingerprint density at radius 1 is 1.40 bits per heavy atom. The molecule has 6 nitrogen and oxygen atoms in total. The highest BCUT2D eigenvalue weighted by atomic mass is 32.2. The van der Waals surface area contributed by atoms with E-state index in [1.165, 1.54) is 12.1 Å². The van der Waals surface area contributed by atoms with Gasteiger partial charge in [0.2, 0.25) is 15.9 Å². The lowest BCUT2D eigenvalue weighted by atomic mass is 9.96. The molecule has 1 aliphatic rings. The van der Waals surface area contributed by atoms with Crippen molar-refractivity contribution >= 4 is 21.6 Å². The first-order valence-electron chi connectivity index (χ1n) is 6.59. The molecular weight excluding hydrogens is 278 g/mol. The molecule has 1 unspecified atom stereocenters. The van der Waals surface area contributed by atoms with Gasteiger partial charge in [-0.05, 0) is 44.0 Å². The largest absolute Gasteiger partial charge is 0.325 e. The van der Waals surface area contributed by atoms with E-state index in [4.69, 9.17) is 5.14 Å². The van der Waals surface area contributed by atoms with Crippen molar-refractivity contribution in [3.05, 3.63) is 24.3 Å². The van der Waals surface area contributed by atoms with Crippen LogP contribution in [0.4, 0.5) is 5.69 Å². The Kier molecular flexibility index (Phi) is 4.74. The monoisotopic (exact) mass is 297 g/mol. The van der Waals surface area contributed by atoms with Crippen molar-refractivity contribution < 1.29 is 13.2 Å². The first-order chi connectivity index (χ1) is 9.47. The number of primary sulfonamides is 1. The van der Waals surface area contributed by atoms with Crippen LogP contribution in [0.5, 0.6) is 0 Å². The highest BCUT2D eigenvalue weighted by molar-refractivity contribution is 7.89. The second-order valence-electron chi connectivity index (χ2n) is 5.01. The van der Waals surface area contributed by atoms with Gasteiger partial charge >= 0.3 is 0 Å². The highest BCUT2D eigenvalue weighted by Gasteiger charge is 2.19. The van der Waals surface area contributed by atoms with Gasteiger partial charge in [0, 0.05) is 6.42 Å². The summed E-state index contributed by atoms with van der Waals surface area (Å²) < 4.78 is 22.9. The summed E-state index contributed by atoms with van der Waals surface area (Å²) in [5.74, 6) is 0.111. The number of benzene rings is 1. The van der Waals surface area contributed by atoms with Crippen molar-refractivity contribution in [1.29, 1.82) is 0 Å². The minimum atomic E-state index is -3.84. The van der Waals surface area contributed by atoms with Gasteiger partial charge in [-0.3, -0.25) is 4.79 Å². The average Bonchev–Trinajstić information content (AvgIpc) is 2.39. The van der Waals surface area contributed by atoms with E-state index in [1.54, 1.807) is 12.1 Å². The smallest absolute Gasteiger partial charge is 0.240 e. The van der Waals surface area contributed by atoms with Crippen molar-refractivity contribution in [2.75, 3.05) is 18.4 Å². The summed E-state index contributed by atoms with van der Waals surface area (Å²) in [7, 11) is -3.84. The standard InChI is InChI=1S/C13H19N3O3S/c14-20(18,19)12-6-2-1-5-11(12)16-13(17)8-10-4-3-7-15-9-10/h1-2,5-6,10,15H,3-4,7-9H2,(H,16,17)(H2,14,18,19). The Morgan fingerprint density at radius 3 is 2.80 bits per heavy atom. The van der Waals surface area contributed by atoms with Crippen LogP contribution in [0.25, 0.3) is 0 Å². The number of carbonyl (C=O) groups excluding carboxylic acids is 1. The van der Waals surface area contributed by atoms with Gasteiger partial charge in [0.05, 0.1) is 5.69 Å². The number of amides is 1. The second kappa shape index (κ2) is 6.34. The fraction of sp³-hybridized carbons (Fsp3) is 0.462. The van der Waals surface area contributed by atoms with Crippen molar-refractivity contribution in [2.24, 2.45) is 11.1 Å². The Morgan fingerprint density at radius 2 is 2.15 bits per heavy atom. The van der Waals surface area contributed by atoms with Crippen molar-refractivity contribution in [3.63, 3.8) is 0 Å². The fourth-order valence-corrected chi connectivity index (χ4v) is 3.07. The predicted molar refractivity (Wildman–Crippen MR) is 76.7 cm³/mol. The van der Waals surface area contributed by atoms with Crippen molar-refractivity contribution in [2.45, 2.75) is 24.2 Å². The lowest BCUT2D eigenvalue weighted by Crippen LogP contribution is -2.32. The van der Waals surface area contributed by atoms with Gasteiger partial charge in [0.1, 0.15) is 4.90 Å². The molecule has 1 fully saturated rings. The van der Waals surface area contributed by atoms with Gasteiger partial charge in [-0.1, -0.05) is 12.1 Å². The topological polar surface area (TPSA) is 101 Å². The predicted octanol–water partition coefficient (Wildman–Crippen LogP) is 0.662. The summed E-state index contributed by atoms with van der Waals surface area (Å²) in [5, 5.41) is 11.0. The maximum absolute atomic E-state index is 12.0. The van der Waals surface area contributed by atoms with Gasteiger partial charge in [-0.2, -0.15) is 0 Å². The molecule has 1 atom stereocenters. The van der Waals surface area contributed by atoms with Crippen LogP contribution < -0.4 is 15.8 Å². The maximum Gasteiger partial charge on any atom is 0.240 e. The van der Waals surface area contributed by atoms with E-state index in [0.29, 0.717) is 12.3 Å². The third-order valence-corrected chi connectivity index (χ3v) is 4.31. The molecule has 1 amide bonds. The minimum absolute atomic E-state index is 0.0601. The summed E-state index contributed by atoms with van der Waals surface area (Å²) in [6.07, 6.45) is 2.45. The second-order valence-corrected chi connectivity index (χ2v) is 6.54. The lowest BCUT2D eigenvalue weighted by Gasteiger charge is -2.22. The van der Waals surface area contributed by atoms with Crippen LogP contribution in [-0.2, 0) is 14.8 Å². The first-order valence-corrected chi connectivity index (χ1v) is 8.14. The molecule has 0 bridgehead atoms. The number of anilines is 1. The molecule has 0 spiro atoms. The van der Waals surface area contributed by atoms with E-state index in [0.717, 1.165) is 25.9 Å². The summed E-state index contributed by atoms with van der Waals surface area (Å²) in [5.41, 5.74) is 0.240. The van der Waals surface area contributed by atoms with Gasteiger partial charge in [0.25, 0.3) is 0 Å². The average molecular weight is 297 g/mol. The molecule has 0 radical (unpaired) electrons. The number of piperidine rings is 1. The summed E-state index contributed by atoms with van der Waals surface area (Å²) in [6.45, 7) is 1.82. The number of nitrogens with two attached hydrogens (primary N) is 1. The SMILES string of the molecule is NS(=O)(=O)c1ccccc1NC(=O)CC1CCCNC1. The Bertz CT molecular complexity index is 580. The third-order valence-electron chi connectivity index (χ3n) is 3.34. The highest BCUT2D eigenvalue weighted by Crippen LogP contribution is 2.21. The first kappa shape index (κ1) is 15.0. The maximum atomic E-state index is 12.0. The van der Waals surface area contributed by atoms with Gasteiger partial charge < -0.3 is 10.6 Å². The molecule has 7 heteroatoms. The van der Waals surface area contributed by atoms with E-state index in [9.17, 15) is 13.2 Å². The van der Waals surface area contributed by atoms with E-state index in [-0.39, 0.29) is 16.5 Å². The van der Waals surface area contributed by atoms with Gasteiger partial charge in [-0.25, -0.2) is 13.6 Å². The molecule has 1 saturated heterocycles. The van der Waals surface area contributed by atoms with Crippen LogP contribution in [0.1, 0.15) is 19.3 Å². The number of hydrogen-bond donors (Lipinski definition) is 3. The molecule has 110 valence electrons. The Balaban J connectivity index is 2.04. The Labute approximate surface area is 118 Å². The molecule has 0 saturated carbocycles. The summed E-state index contributed by atoms with van der Waals surface area (Å²) in [6, 6.07) is 6.15. The van der Waals surface area contributed by atoms with Crippen LogP contribution in [0.2, 0.25) is 0 Å². The molecule has 20 heavy (non-hydrogen) atoms. The zero-order valence-electron chi connectivity index (χ0n) is 11.1. The quantitative estimate of drug-likeness (QED) is 0.760. The Hall–Kier alpha value is -1.44. The molecule has 4 N–H and O–H groups in total. The van der Waals surface area contributed by atoms with Gasteiger partial charge in [0.15, 0.2) is 0 Å². The third kappa shape index (κ3) is 4.03. The zero-order chi connectivity index (χ0) is 14.6. The van der Waals surface area contributed by atoms with E-state index in [2.05, 4.69) is 10.6 Å². The number of nitrogens with one attached hydrogen (secondary N) is 2. The van der Waals surface area contributed by atoms with Crippen molar-refractivity contribution in [3.8, 4) is 0 Å². The molecule has 1 aromatic rings. The molecule has 1 heterocycles. The summed E-state index contributed by atoms with van der Waals surface area (Å²) in [4.78, 5) is 11.9. The molecule has 2 rings (SSSR count). The fourth-order valence-electron chi connectivity index (χ4n) is 2.38. The van der Waals surface area contributed by atoms with E-state index < -0.39 is 10.0 Å². The number of rotatable bonds is 4. The van der Waals surface area contributed by atoms with Crippen LogP contribution >= 0.6 is 0 Å². The lowest BCUT2D eigenvalue weighted by molar-refractivity contribution is -0.117. The van der Waals surface area contributed by atoms with Crippen LogP contribution in [0.15, 0.2) is 29.2 Å². The van der Waals surface area contributed by atoms with Crippen molar-refractivity contribution in [1.82, 2.24) is 5.32 Å². The molecule has 1 aliphatic heterocycles. The normalized spacial score (nSPS) is 19.6. The summed E-state index contributed by atoms with van der Waals surface area (Å²) >= 11 is 0. The molecule has 0 aromatic heterocycles. The molecule has 0 aliphatic carbocycles. The number of hydrogen-bond acceptors (Lipinski definition) is 4.